The minimum atomic E-state index is 0.403. The van der Waals surface area contributed by atoms with Gasteiger partial charge in [-0.15, -0.1) is 0 Å². The van der Waals surface area contributed by atoms with Crippen LogP contribution in [0.25, 0.3) is 10.9 Å². The summed E-state index contributed by atoms with van der Waals surface area (Å²) < 4.78 is 8.14. The maximum atomic E-state index is 6.27. The molecule has 0 aliphatic carbocycles. The SMILES string of the molecule is CN1CCC[C@H]1COc1nc(N)c2c(n1)CN(c1cccc3ccn(C)c13)CC2. The highest BCUT2D eigenvalue weighted by Crippen LogP contribution is 2.32. The molecule has 0 spiro atoms. The fourth-order valence-electron chi connectivity index (χ4n) is 4.66. The van der Waals surface area contributed by atoms with Crippen molar-refractivity contribution in [1.82, 2.24) is 19.4 Å². The van der Waals surface area contributed by atoms with Gasteiger partial charge >= 0.3 is 6.01 Å². The van der Waals surface area contributed by atoms with Crippen molar-refractivity contribution in [3.63, 3.8) is 0 Å². The zero-order chi connectivity index (χ0) is 20.0. The van der Waals surface area contributed by atoms with Crippen LogP contribution in [0.1, 0.15) is 24.1 Å². The number of fused-ring (bicyclic) bond motifs is 2. The van der Waals surface area contributed by atoms with Crippen LogP contribution in [-0.4, -0.2) is 52.2 Å². The number of ether oxygens (including phenoxy) is 1. The van der Waals surface area contributed by atoms with E-state index in [9.17, 15) is 0 Å². The maximum Gasteiger partial charge on any atom is 0.318 e. The third-order valence-corrected chi connectivity index (χ3v) is 6.37. The van der Waals surface area contributed by atoms with E-state index >= 15 is 0 Å². The van der Waals surface area contributed by atoms with Crippen molar-refractivity contribution < 1.29 is 4.74 Å². The lowest BCUT2D eigenvalue weighted by molar-refractivity contribution is 0.187. The van der Waals surface area contributed by atoms with Gasteiger partial charge in [-0.1, -0.05) is 12.1 Å². The van der Waals surface area contributed by atoms with Crippen LogP contribution >= 0.6 is 0 Å². The van der Waals surface area contributed by atoms with Crippen LogP contribution < -0.4 is 15.4 Å². The van der Waals surface area contributed by atoms with E-state index in [0.717, 1.165) is 37.2 Å². The third-order valence-electron chi connectivity index (χ3n) is 6.37. The molecule has 0 bridgehead atoms. The van der Waals surface area contributed by atoms with E-state index in [2.05, 4.69) is 63.9 Å². The summed E-state index contributed by atoms with van der Waals surface area (Å²) in [4.78, 5) is 13.9. The first-order valence-corrected chi connectivity index (χ1v) is 10.4. The molecule has 7 heteroatoms. The van der Waals surface area contributed by atoms with Crippen molar-refractivity contribution in [2.45, 2.75) is 31.8 Å². The zero-order valence-electron chi connectivity index (χ0n) is 17.1. The minimum absolute atomic E-state index is 0.403. The molecule has 2 N–H and O–H groups in total. The Morgan fingerprint density at radius 1 is 1.17 bits per heavy atom. The number of para-hydroxylation sites is 1. The normalized spacial score (nSPS) is 19.7. The summed E-state index contributed by atoms with van der Waals surface area (Å²) in [6.45, 7) is 3.35. The van der Waals surface area contributed by atoms with Crippen molar-refractivity contribution in [3.05, 3.63) is 41.7 Å². The number of nitrogen functional groups attached to an aromatic ring is 1. The summed E-state index contributed by atoms with van der Waals surface area (Å²) >= 11 is 0. The van der Waals surface area contributed by atoms with Crippen molar-refractivity contribution in [2.75, 3.05) is 37.4 Å². The number of nitrogens with two attached hydrogens (primary N) is 1. The Morgan fingerprint density at radius 2 is 2.07 bits per heavy atom. The van der Waals surface area contributed by atoms with E-state index in [0.29, 0.717) is 31.0 Å². The summed E-state index contributed by atoms with van der Waals surface area (Å²) in [6.07, 6.45) is 5.33. The lowest BCUT2D eigenvalue weighted by atomic mass is 10.0. The number of hydrogen-bond acceptors (Lipinski definition) is 6. The Labute approximate surface area is 171 Å². The predicted molar refractivity (Wildman–Crippen MR) is 115 cm³/mol. The van der Waals surface area contributed by atoms with Crippen molar-refractivity contribution in [1.29, 1.82) is 0 Å². The van der Waals surface area contributed by atoms with E-state index in [1.54, 1.807) is 0 Å². The number of hydrogen-bond donors (Lipinski definition) is 1. The smallest absolute Gasteiger partial charge is 0.318 e. The van der Waals surface area contributed by atoms with Gasteiger partial charge in [0.05, 0.1) is 23.4 Å². The third kappa shape index (κ3) is 3.29. The average Bonchev–Trinajstić information content (AvgIpc) is 3.31. The summed E-state index contributed by atoms with van der Waals surface area (Å²) in [5, 5.41) is 1.25. The topological polar surface area (TPSA) is 72.4 Å². The van der Waals surface area contributed by atoms with Crippen molar-refractivity contribution >= 4 is 22.4 Å². The van der Waals surface area contributed by atoms with Gasteiger partial charge in [-0.25, -0.2) is 0 Å². The number of aromatic nitrogens is 3. The molecular weight excluding hydrogens is 364 g/mol. The molecule has 1 fully saturated rings. The Morgan fingerprint density at radius 3 is 2.90 bits per heavy atom. The lowest BCUT2D eigenvalue weighted by Gasteiger charge is -2.31. The summed E-state index contributed by atoms with van der Waals surface area (Å²) in [7, 11) is 4.24. The Balaban J connectivity index is 1.40. The van der Waals surface area contributed by atoms with Gasteiger partial charge in [0.15, 0.2) is 0 Å². The molecule has 0 unspecified atom stereocenters. The Bertz CT molecular complexity index is 1050. The molecule has 3 aromatic rings. The molecule has 4 heterocycles. The molecule has 2 aromatic heterocycles. The van der Waals surface area contributed by atoms with Crippen molar-refractivity contribution in [3.8, 4) is 6.01 Å². The van der Waals surface area contributed by atoms with Gasteiger partial charge in [-0.3, -0.25) is 0 Å². The number of rotatable bonds is 4. The van der Waals surface area contributed by atoms with Crippen LogP contribution in [0.5, 0.6) is 6.01 Å². The van der Waals surface area contributed by atoms with Gasteiger partial charge in [-0.2, -0.15) is 9.97 Å². The second-order valence-electron chi connectivity index (χ2n) is 8.22. The minimum Gasteiger partial charge on any atom is -0.462 e. The van der Waals surface area contributed by atoms with Crippen LogP contribution in [0.3, 0.4) is 0 Å². The highest BCUT2D eigenvalue weighted by atomic mass is 16.5. The Kier molecular flexibility index (Phi) is 4.54. The Hall–Kier alpha value is -2.80. The molecule has 7 nitrogen and oxygen atoms in total. The highest BCUT2D eigenvalue weighted by molar-refractivity contribution is 5.92. The monoisotopic (exact) mass is 392 g/mol. The van der Waals surface area contributed by atoms with Crippen LogP contribution in [0.15, 0.2) is 30.5 Å². The molecule has 0 radical (unpaired) electrons. The van der Waals surface area contributed by atoms with Gasteiger partial charge in [0.25, 0.3) is 0 Å². The predicted octanol–water partition coefficient (Wildman–Crippen LogP) is 2.59. The molecule has 1 saturated heterocycles. The van der Waals surface area contributed by atoms with Crippen LogP contribution in [0, 0.1) is 0 Å². The molecule has 2 aliphatic heterocycles. The first-order valence-electron chi connectivity index (χ1n) is 10.4. The van der Waals surface area contributed by atoms with Crippen molar-refractivity contribution in [2.24, 2.45) is 7.05 Å². The number of aryl methyl sites for hydroxylation is 1. The van der Waals surface area contributed by atoms with Gasteiger partial charge in [-0.05, 0) is 45.0 Å². The number of nitrogens with zero attached hydrogens (tertiary/aromatic N) is 5. The largest absolute Gasteiger partial charge is 0.462 e. The highest BCUT2D eigenvalue weighted by Gasteiger charge is 2.25. The molecule has 152 valence electrons. The van der Waals surface area contributed by atoms with E-state index in [1.807, 2.05) is 0 Å². The number of anilines is 2. The molecule has 2 aliphatic rings. The van der Waals surface area contributed by atoms with Gasteiger partial charge in [0, 0.05) is 36.8 Å². The number of benzene rings is 1. The summed E-state index contributed by atoms with van der Waals surface area (Å²) in [5.41, 5.74) is 10.8. The lowest BCUT2D eigenvalue weighted by Crippen LogP contribution is -2.33. The first kappa shape index (κ1) is 18.2. The van der Waals surface area contributed by atoms with Gasteiger partial charge in [0.2, 0.25) is 0 Å². The fraction of sp³-hybridized carbons (Fsp3) is 0.455. The first-order chi connectivity index (χ1) is 14.1. The zero-order valence-corrected chi connectivity index (χ0v) is 17.1. The quantitative estimate of drug-likeness (QED) is 0.736. The van der Waals surface area contributed by atoms with E-state index in [-0.39, 0.29) is 0 Å². The van der Waals surface area contributed by atoms with Gasteiger partial charge < -0.3 is 24.8 Å². The molecule has 5 rings (SSSR count). The maximum absolute atomic E-state index is 6.27. The van der Waals surface area contributed by atoms with Crippen LogP contribution in [0.4, 0.5) is 11.5 Å². The standard InChI is InChI=1S/C22H28N6O/c1-26-10-4-6-16(26)14-29-22-24-18-13-28(12-9-17(18)21(23)25-22)19-7-3-5-15-8-11-27(2)20(15)19/h3,5,7-8,11,16H,4,6,9-10,12-14H2,1-2H3,(H2,23,24,25)/t16-/m0/s1. The molecule has 1 atom stereocenters. The van der Waals surface area contributed by atoms with Crippen LogP contribution in [-0.2, 0) is 20.0 Å². The molecular formula is C22H28N6O. The molecule has 1 aromatic carbocycles. The second kappa shape index (κ2) is 7.22. The van der Waals surface area contributed by atoms with Gasteiger partial charge in [0.1, 0.15) is 12.4 Å². The fourth-order valence-corrected chi connectivity index (χ4v) is 4.66. The summed E-state index contributed by atoms with van der Waals surface area (Å²) in [5.74, 6) is 0.557. The van der Waals surface area contributed by atoms with Crippen LogP contribution in [0.2, 0.25) is 0 Å². The van der Waals surface area contributed by atoms with E-state index in [4.69, 9.17) is 15.5 Å². The van der Waals surface area contributed by atoms with E-state index < -0.39 is 0 Å². The number of likely N-dealkylation sites (N-methyl/N-ethyl adjacent to an activating group) is 1. The molecule has 29 heavy (non-hydrogen) atoms. The second-order valence-corrected chi connectivity index (χ2v) is 8.22. The number of likely N-dealkylation sites (tertiary alicyclic amines) is 1. The molecule has 0 saturated carbocycles. The molecule has 0 amide bonds. The average molecular weight is 393 g/mol. The summed E-state index contributed by atoms with van der Waals surface area (Å²) in [6, 6.07) is 9.45. The van der Waals surface area contributed by atoms with E-state index in [1.165, 1.54) is 23.0 Å².